The van der Waals surface area contributed by atoms with E-state index in [1.807, 2.05) is 6.07 Å². The van der Waals surface area contributed by atoms with Crippen molar-refractivity contribution in [1.29, 1.82) is 0 Å². The van der Waals surface area contributed by atoms with Gasteiger partial charge in [-0.2, -0.15) is 0 Å². The maximum absolute atomic E-state index is 5.80. The lowest BCUT2D eigenvalue weighted by Gasteiger charge is -2.32. The molecule has 0 atom stereocenters. The van der Waals surface area contributed by atoms with Crippen molar-refractivity contribution in [2.45, 2.75) is 26.2 Å². The molecule has 1 heterocycles. The Morgan fingerprint density at radius 3 is 2.38 bits per heavy atom. The molecular weight excluding hydrogens is 324 g/mol. The maximum atomic E-state index is 5.80. The lowest BCUT2D eigenvalue weighted by atomic mass is 9.87. The van der Waals surface area contributed by atoms with E-state index < -0.39 is 0 Å². The Labute approximate surface area is 153 Å². The number of nitrogens with zero attached hydrogens (tertiary/aromatic N) is 2. The number of benzene rings is 1. The predicted molar refractivity (Wildman–Crippen MR) is 103 cm³/mol. The summed E-state index contributed by atoms with van der Waals surface area (Å²) >= 11 is 0. The van der Waals surface area contributed by atoms with Crippen LogP contribution in [0.2, 0.25) is 0 Å². The van der Waals surface area contributed by atoms with Gasteiger partial charge in [-0.15, -0.1) is 12.4 Å². The molecule has 1 aliphatic heterocycles. The van der Waals surface area contributed by atoms with E-state index in [-0.39, 0.29) is 17.8 Å². The molecule has 1 fully saturated rings. The monoisotopic (exact) mass is 356 g/mol. The molecule has 138 valence electrons. The Morgan fingerprint density at radius 2 is 1.71 bits per heavy atom. The van der Waals surface area contributed by atoms with Gasteiger partial charge in [0.15, 0.2) is 0 Å². The first kappa shape index (κ1) is 21.2. The summed E-state index contributed by atoms with van der Waals surface area (Å²) in [7, 11) is 2.18. The molecular formula is C19H33ClN2O2. The lowest BCUT2D eigenvalue weighted by molar-refractivity contribution is 0.0657. The minimum atomic E-state index is 0. The van der Waals surface area contributed by atoms with Crippen molar-refractivity contribution < 1.29 is 9.47 Å². The maximum Gasteiger partial charge on any atom is 0.119 e. The summed E-state index contributed by atoms with van der Waals surface area (Å²) in [6.07, 6.45) is 0. The van der Waals surface area contributed by atoms with Gasteiger partial charge < -0.3 is 14.4 Å². The zero-order chi connectivity index (χ0) is 16.7. The molecule has 0 amide bonds. The van der Waals surface area contributed by atoms with E-state index in [4.69, 9.17) is 9.47 Å². The molecule has 0 aromatic heterocycles. The fraction of sp³-hybridized carbons (Fsp3) is 0.684. The molecule has 0 bridgehead atoms. The second-order valence-corrected chi connectivity index (χ2v) is 7.38. The Bertz CT molecular complexity index is 469. The SMILES string of the molecule is CN1CCN(CCOCCOc2cccc(C(C)(C)C)c2)CC1.Cl. The number of piperazine rings is 1. The second kappa shape index (κ2) is 10.2. The van der Waals surface area contributed by atoms with Gasteiger partial charge in [-0.3, -0.25) is 4.90 Å². The van der Waals surface area contributed by atoms with E-state index in [9.17, 15) is 0 Å². The third-order valence-corrected chi connectivity index (χ3v) is 4.34. The van der Waals surface area contributed by atoms with Gasteiger partial charge in [0.05, 0.1) is 13.2 Å². The van der Waals surface area contributed by atoms with Crippen molar-refractivity contribution in [2.24, 2.45) is 0 Å². The molecule has 1 saturated heterocycles. The summed E-state index contributed by atoms with van der Waals surface area (Å²) in [5.41, 5.74) is 1.45. The fourth-order valence-electron chi connectivity index (χ4n) is 2.64. The molecule has 1 aliphatic rings. The second-order valence-electron chi connectivity index (χ2n) is 7.38. The molecule has 0 spiro atoms. The molecule has 4 nitrogen and oxygen atoms in total. The van der Waals surface area contributed by atoms with Crippen molar-refractivity contribution in [1.82, 2.24) is 9.80 Å². The van der Waals surface area contributed by atoms with E-state index in [0.29, 0.717) is 13.2 Å². The average molecular weight is 357 g/mol. The van der Waals surface area contributed by atoms with Crippen LogP contribution in [-0.4, -0.2) is 69.4 Å². The smallest absolute Gasteiger partial charge is 0.119 e. The molecule has 2 rings (SSSR count). The predicted octanol–water partition coefficient (Wildman–Crippen LogP) is 3.05. The molecule has 1 aromatic carbocycles. The van der Waals surface area contributed by atoms with Crippen LogP contribution in [0.1, 0.15) is 26.3 Å². The van der Waals surface area contributed by atoms with Crippen molar-refractivity contribution >= 4 is 12.4 Å². The fourth-order valence-corrected chi connectivity index (χ4v) is 2.64. The zero-order valence-electron chi connectivity index (χ0n) is 15.6. The van der Waals surface area contributed by atoms with Gasteiger partial charge in [-0.1, -0.05) is 32.9 Å². The van der Waals surface area contributed by atoms with Crippen molar-refractivity contribution in [3.63, 3.8) is 0 Å². The minimum absolute atomic E-state index is 0. The van der Waals surface area contributed by atoms with Crippen LogP contribution in [0, 0.1) is 0 Å². The van der Waals surface area contributed by atoms with E-state index >= 15 is 0 Å². The number of hydrogen-bond acceptors (Lipinski definition) is 4. The van der Waals surface area contributed by atoms with E-state index in [1.54, 1.807) is 0 Å². The van der Waals surface area contributed by atoms with Crippen molar-refractivity contribution in [2.75, 3.05) is 59.6 Å². The Hall–Kier alpha value is -0.810. The van der Waals surface area contributed by atoms with Gasteiger partial charge in [0.2, 0.25) is 0 Å². The largest absolute Gasteiger partial charge is 0.491 e. The normalized spacial score (nSPS) is 16.7. The van der Waals surface area contributed by atoms with E-state index in [2.05, 4.69) is 55.8 Å². The number of hydrogen-bond donors (Lipinski definition) is 0. The van der Waals surface area contributed by atoms with Crippen LogP contribution >= 0.6 is 12.4 Å². The highest BCUT2D eigenvalue weighted by atomic mass is 35.5. The summed E-state index contributed by atoms with van der Waals surface area (Å²) in [6, 6.07) is 8.35. The molecule has 0 unspecified atom stereocenters. The summed E-state index contributed by atoms with van der Waals surface area (Å²) < 4.78 is 11.5. The molecule has 0 saturated carbocycles. The van der Waals surface area contributed by atoms with Crippen LogP contribution in [0.25, 0.3) is 0 Å². The van der Waals surface area contributed by atoms with Crippen molar-refractivity contribution in [3.8, 4) is 5.75 Å². The topological polar surface area (TPSA) is 24.9 Å². The molecule has 0 radical (unpaired) electrons. The molecule has 24 heavy (non-hydrogen) atoms. The van der Waals surface area contributed by atoms with E-state index in [0.717, 1.165) is 45.1 Å². The first-order chi connectivity index (χ1) is 10.9. The van der Waals surface area contributed by atoms with Gasteiger partial charge in [-0.25, -0.2) is 0 Å². The average Bonchev–Trinajstić information content (AvgIpc) is 2.52. The zero-order valence-corrected chi connectivity index (χ0v) is 16.4. The van der Waals surface area contributed by atoms with Gasteiger partial charge in [0, 0.05) is 32.7 Å². The molecule has 5 heteroatoms. The first-order valence-electron chi connectivity index (χ1n) is 8.67. The Morgan fingerprint density at radius 1 is 1.00 bits per heavy atom. The van der Waals surface area contributed by atoms with Gasteiger partial charge in [0.1, 0.15) is 12.4 Å². The quantitative estimate of drug-likeness (QED) is 0.701. The van der Waals surface area contributed by atoms with Gasteiger partial charge >= 0.3 is 0 Å². The summed E-state index contributed by atoms with van der Waals surface area (Å²) in [6.45, 7) is 14.3. The summed E-state index contributed by atoms with van der Waals surface area (Å²) in [5.74, 6) is 0.931. The highest BCUT2D eigenvalue weighted by Crippen LogP contribution is 2.25. The molecule has 0 N–H and O–H groups in total. The Kier molecular flexibility index (Phi) is 9.06. The van der Waals surface area contributed by atoms with Crippen LogP contribution in [0.3, 0.4) is 0 Å². The van der Waals surface area contributed by atoms with Crippen LogP contribution in [0.15, 0.2) is 24.3 Å². The third-order valence-electron chi connectivity index (χ3n) is 4.34. The van der Waals surface area contributed by atoms with Crippen LogP contribution in [-0.2, 0) is 10.2 Å². The highest BCUT2D eigenvalue weighted by Gasteiger charge is 2.14. The van der Waals surface area contributed by atoms with Crippen molar-refractivity contribution in [3.05, 3.63) is 29.8 Å². The minimum Gasteiger partial charge on any atom is -0.491 e. The lowest BCUT2D eigenvalue weighted by Crippen LogP contribution is -2.45. The third kappa shape index (κ3) is 7.39. The number of halogens is 1. The highest BCUT2D eigenvalue weighted by molar-refractivity contribution is 5.85. The van der Waals surface area contributed by atoms with Gasteiger partial charge in [0.25, 0.3) is 0 Å². The summed E-state index contributed by atoms with van der Waals surface area (Å²) in [5, 5.41) is 0. The molecule has 1 aromatic rings. The number of ether oxygens (including phenoxy) is 2. The van der Waals surface area contributed by atoms with Gasteiger partial charge in [-0.05, 0) is 30.2 Å². The standard InChI is InChI=1S/C19H32N2O2.ClH/c1-19(2,3)17-6-5-7-18(16-17)23-15-14-22-13-12-21-10-8-20(4)9-11-21;/h5-7,16H,8-15H2,1-4H3;1H. The number of likely N-dealkylation sites (N-methyl/N-ethyl adjacent to an activating group) is 1. The van der Waals surface area contributed by atoms with E-state index in [1.165, 1.54) is 5.56 Å². The molecule has 0 aliphatic carbocycles. The van der Waals surface area contributed by atoms with Crippen LogP contribution in [0.4, 0.5) is 0 Å². The van der Waals surface area contributed by atoms with Crippen LogP contribution < -0.4 is 4.74 Å². The summed E-state index contributed by atoms with van der Waals surface area (Å²) in [4.78, 5) is 4.84. The first-order valence-corrected chi connectivity index (χ1v) is 8.67. The Balaban J connectivity index is 0.00000288. The number of rotatable bonds is 7. The van der Waals surface area contributed by atoms with Crippen LogP contribution in [0.5, 0.6) is 5.75 Å².